The van der Waals surface area contributed by atoms with Crippen LogP contribution in [0.4, 0.5) is 0 Å². The molecular formula is C7H6N3. The fourth-order valence-electron chi connectivity index (χ4n) is 0.894. The predicted octanol–water partition coefficient (Wildman–Crippen LogP) is 1.07. The molecule has 1 aromatic heterocycles. The third-order valence-electron chi connectivity index (χ3n) is 1.38. The standard InChI is InChI=1S/C7H6N3/c1-5-2-3-6-7(4-5)9-10-8-6/h2,4H,1H3,(H,8,9,10). The summed E-state index contributed by atoms with van der Waals surface area (Å²) >= 11 is 0. The van der Waals surface area contributed by atoms with E-state index in [0.717, 1.165) is 11.0 Å². The number of aromatic amines is 1. The molecule has 0 aliphatic carbocycles. The molecule has 1 radical (unpaired) electrons. The van der Waals surface area contributed by atoms with Crippen molar-refractivity contribution >= 4 is 11.0 Å². The molecule has 0 fully saturated rings. The molecule has 2 rings (SSSR count). The van der Waals surface area contributed by atoms with Crippen LogP contribution < -0.4 is 0 Å². The van der Waals surface area contributed by atoms with Crippen molar-refractivity contribution in [2.24, 2.45) is 0 Å². The van der Waals surface area contributed by atoms with Gasteiger partial charge in [0.25, 0.3) is 0 Å². The van der Waals surface area contributed by atoms with Gasteiger partial charge in [0.15, 0.2) is 0 Å². The number of aryl methyl sites for hydroxylation is 1. The molecule has 0 unspecified atom stereocenters. The summed E-state index contributed by atoms with van der Waals surface area (Å²) in [6.07, 6.45) is 0. The van der Waals surface area contributed by atoms with E-state index in [4.69, 9.17) is 0 Å². The Morgan fingerprint density at radius 3 is 3.40 bits per heavy atom. The first-order chi connectivity index (χ1) is 4.86. The van der Waals surface area contributed by atoms with Gasteiger partial charge >= 0.3 is 0 Å². The second kappa shape index (κ2) is 1.80. The van der Waals surface area contributed by atoms with Crippen molar-refractivity contribution in [2.45, 2.75) is 6.92 Å². The van der Waals surface area contributed by atoms with Gasteiger partial charge in [-0.3, -0.25) is 5.10 Å². The van der Waals surface area contributed by atoms with E-state index in [9.17, 15) is 0 Å². The van der Waals surface area contributed by atoms with E-state index in [-0.39, 0.29) is 0 Å². The number of nitrogens with one attached hydrogen (secondary N) is 1. The fourth-order valence-corrected chi connectivity index (χ4v) is 0.894. The molecule has 0 aliphatic rings. The SMILES string of the molecule is Cc1c[c]c2nn[nH]c2c1. The minimum Gasteiger partial charge on any atom is -0.258 e. The molecule has 3 heteroatoms. The lowest BCUT2D eigenvalue weighted by Crippen LogP contribution is -1.72. The van der Waals surface area contributed by atoms with Crippen molar-refractivity contribution in [3.63, 3.8) is 0 Å². The van der Waals surface area contributed by atoms with Crippen molar-refractivity contribution in [3.8, 4) is 0 Å². The Morgan fingerprint density at radius 1 is 1.60 bits per heavy atom. The fraction of sp³-hybridized carbons (Fsp3) is 0.143. The molecule has 2 aromatic rings. The number of hydrogen-bond acceptors (Lipinski definition) is 2. The first kappa shape index (κ1) is 5.41. The summed E-state index contributed by atoms with van der Waals surface area (Å²) in [5, 5.41) is 10.2. The van der Waals surface area contributed by atoms with Gasteiger partial charge in [0.2, 0.25) is 0 Å². The van der Waals surface area contributed by atoms with Gasteiger partial charge in [-0.05, 0) is 24.6 Å². The molecule has 1 heterocycles. The van der Waals surface area contributed by atoms with Crippen LogP contribution in [0.1, 0.15) is 5.56 Å². The van der Waals surface area contributed by atoms with E-state index in [1.54, 1.807) is 0 Å². The molecule has 0 spiro atoms. The number of H-pyrrole nitrogens is 1. The van der Waals surface area contributed by atoms with Gasteiger partial charge in [-0.1, -0.05) is 5.21 Å². The Morgan fingerprint density at radius 2 is 2.50 bits per heavy atom. The van der Waals surface area contributed by atoms with Crippen LogP contribution in [0.5, 0.6) is 0 Å². The average molecular weight is 132 g/mol. The Balaban J connectivity index is 2.86. The maximum absolute atomic E-state index is 3.80. The molecule has 0 amide bonds. The zero-order valence-corrected chi connectivity index (χ0v) is 5.55. The Bertz CT molecular complexity index is 350. The van der Waals surface area contributed by atoms with E-state index in [0.29, 0.717) is 0 Å². The first-order valence-corrected chi connectivity index (χ1v) is 3.05. The van der Waals surface area contributed by atoms with Gasteiger partial charge in [-0.15, -0.1) is 5.10 Å². The summed E-state index contributed by atoms with van der Waals surface area (Å²) < 4.78 is 0. The van der Waals surface area contributed by atoms with E-state index >= 15 is 0 Å². The quantitative estimate of drug-likeness (QED) is 0.582. The molecule has 0 saturated carbocycles. The molecule has 10 heavy (non-hydrogen) atoms. The van der Waals surface area contributed by atoms with Gasteiger partial charge < -0.3 is 0 Å². The van der Waals surface area contributed by atoms with Gasteiger partial charge in [0.1, 0.15) is 5.52 Å². The van der Waals surface area contributed by atoms with E-state index in [2.05, 4.69) is 21.5 Å². The topological polar surface area (TPSA) is 41.6 Å². The molecule has 0 saturated heterocycles. The minimum atomic E-state index is 0.797. The monoisotopic (exact) mass is 132 g/mol. The molecule has 49 valence electrons. The zero-order chi connectivity index (χ0) is 6.97. The second-order valence-corrected chi connectivity index (χ2v) is 2.25. The van der Waals surface area contributed by atoms with Crippen molar-refractivity contribution in [2.75, 3.05) is 0 Å². The van der Waals surface area contributed by atoms with Gasteiger partial charge in [0, 0.05) is 6.07 Å². The lowest BCUT2D eigenvalue weighted by atomic mass is 10.2. The predicted molar refractivity (Wildman–Crippen MR) is 37.5 cm³/mol. The molecule has 1 N–H and O–H groups in total. The minimum absolute atomic E-state index is 0.797. The van der Waals surface area contributed by atoms with Crippen LogP contribution in [0.15, 0.2) is 12.1 Å². The molecule has 0 aliphatic heterocycles. The molecule has 3 nitrogen and oxygen atoms in total. The largest absolute Gasteiger partial charge is 0.258 e. The van der Waals surface area contributed by atoms with E-state index in [1.807, 2.05) is 19.1 Å². The highest BCUT2D eigenvalue weighted by Gasteiger charge is 1.94. The zero-order valence-electron chi connectivity index (χ0n) is 5.55. The normalized spacial score (nSPS) is 10.5. The summed E-state index contributed by atoms with van der Waals surface area (Å²) in [5.74, 6) is 0. The number of fused-ring (bicyclic) bond motifs is 1. The maximum atomic E-state index is 3.80. The van der Waals surface area contributed by atoms with Crippen LogP contribution >= 0.6 is 0 Å². The van der Waals surface area contributed by atoms with Crippen molar-refractivity contribution in [1.29, 1.82) is 0 Å². The second-order valence-electron chi connectivity index (χ2n) is 2.25. The van der Waals surface area contributed by atoms with Gasteiger partial charge in [-0.25, -0.2) is 0 Å². The summed E-state index contributed by atoms with van der Waals surface area (Å²) in [6, 6.07) is 6.88. The van der Waals surface area contributed by atoms with Crippen LogP contribution in [0.25, 0.3) is 11.0 Å². The summed E-state index contributed by atoms with van der Waals surface area (Å²) in [6.45, 7) is 2.01. The Kier molecular flexibility index (Phi) is 0.974. The van der Waals surface area contributed by atoms with E-state index in [1.165, 1.54) is 5.56 Å². The molecule has 1 aromatic carbocycles. The van der Waals surface area contributed by atoms with Crippen molar-refractivity contribution in [3.05, 3.63) is 23.8 Å². The van der Waals surface area contributed by atoms with Crippen molar-refractivity contribution < 1.29 is 0 Å². The molecular weight excluding hydrogens is 126 g/mol. The lowest BCUT2D eigenvalue weighted by Gasteiger charge is -1.87. The Hall–Kier alpha value is -1.38. The Labute approximate surface area is 58.1 Å². The lowest BCUT2D eigenvalue weighted by molar-refractivity contribution is 0.959. The third kappa shape index (κ3) is 0.673. The number of benzene rings is 1. The van der Waals surface area contributed by atoms with E-state index < -0.39 is 0 Å². The van der Waals surface area contributed by atoms with Gasteiger partial charge in [-0.2, -0.15) is 0 Å². The number of aromatic nitrogens is 3. The van der Waals surface area contributed by atoms with Crippen LogP contribution in [0, 0.1) is 13.0 Å². The van der Waals surface area contributed by atoms with Crippen LogP contribution in [0.3, 0.4) is 0 Å². The molecule has 0 atom stereocenters. The highest BCUT2D eigenvalue weighted by Crippen LogP contribution is 2.07. The summed E-state index contributed by atoms with van der Waals surface area (Å²) in [5.41, 5.74) is 2.91. The maximum Gasteiger partial charge on any atom is 0.120 e. The van der Waals surface area contributed by atoms with Crippen LogP contribution in [-0.2, 0) is 0 Å². The third-order valence-corrected chi connectivity index (χ3v) is 1.38. The summed E-state index contributed by atoms with van der Waals surface area (Å²) in [7, 11) is 0. The average Bonchev–Trinajstić information content (AvgIpc) is 2.33. The van der Waals surface area contributed by atoms with Crippen LogP contribution in [-0.4, -0.2) is 15.4 Å². The van der Waals surface area contributed by atoms with Crippen molar-refractivity contribution in [1.82, 2.24) is 15.4 Å². The molecule has 0 bridgehead atoms. The number of hydrogen-bond donors (Lipinski definition) is 1. The van der Waals surface area contributed by atoms with Crippen LogP contribution in [0.2, 0.25) is 0 Å². The number of rotatable bonds is 0. The smallest absolute Gasteiger partial charge is 0.120 e. The van der Waals surface area contributed by atoms with Gasteiger partial charge in [0.05, 0.1) is 5.52 Å². The first-order valence-electron chi connectivity index (χ1n) is 3.05. The summed E-state index contributed by atoms with van der Waals surface area (Å²) in [4.78, 5) is 0. The number of nitrogens with zero attached hydrogens (tertiary/aromatic N) is 2. The highest BCUT2D eigenvalue weighted by molar-refractivity contribution is 5.73. The highest BCUT2D eigenvalue weighted by atomic mass is 15.3.